The van der Waals surface area contributed by atoms with Gasteiger partial charge in [0, 0.05) is 47.4 Å². The fourth-order valence-electron chi connectivity index (χ4n) is 7.15. The summed E-state index contributed by atoms with van der Waals surface area (Å²) in [6.45, 7) is 0. The molecule has 0 N–H and O–H groups in total. The van der Waals surface area contributed by atoms with Gasteiger partial charge in [-0.2, -0.15) is 0 Å². The van der Waals surface area contributed by atoms with Gasteiger partial charge in [-0.15, -0.1) is 11.3 Å². The minimum Gasteiger partial charge on any atom is -0.456 e. The lowest BCUT2D eigenvalue weighted by Gasteiger charge is -2.09. The van der Waals surface area contributed by atoms with Gasteiger partial charge in [-0.25, -0.2) is 0 Å². The molecular formula is C42H25NOS. The third-order valence-corrected chi connectivity index (χ3v) is 10.3. The Labute approximate surface area is 263 Å². The number of benzene rings is 7. The minimum atomic E-state index is 0.925. The van der Waals surface area contributed by atoms with Gasteiger partial charge >= 0.3 is 0 Å². The Morgan fingerprint density at radius 3 is 2.11 bits per heavy atom. The largest absolute Gasteiger partial charge is 0.456 e. The smallest absolute Gasteiger partial charge is 0.136 e. The van der Waals surface area contributed by atoms with Crippen LogP contribution in [-0.2, 0) is 0 Å². The fraction of sp³-hybridized carbons (Fsp3) is 0. The summed E-state index contributed by atoms with van der Waals surface area (Å²) in [6, 6.07) is 54.8. The van der Waals surface area contributed by atoms with Crippen LogP contribution in [-0.4, -0.2) is 4.57 Å². The monoisotopic (exact) mass is 591 g/mol. The third kappa shape index (κ3) is 3.68. The molecule has 0 radical (unpaired) electrons. The molecule has 0 atom stereocenters. The van der Waals surface area contributed by atoms with Crippen molar-refractivity contribution in [2.75, 3.05) is 0 Å². The van der Waals surface area contributed by atoms with Crippen LogP contribution in [0.15, 0.2) is 156 Å². The average Bonchev–Trinajstić information content (AvgIpc) is 3.77. The Kier molecular flexibility index (Phi) is 5.19. The highest BCUT2D eigenvalue weighted by atomic mass is 32.1. The molecule has 0 aliphatic heterocycles. The lowest BCUT2D eigenvalue weighted by Crippen LogP contribution is -1.93. The predicted molar refractivity (Wildman–Crippen MR) is 192 cm³/mol. The van der Waals surface area contributed by atoms with Crippen molar-refractivity contribution in [1.82, 2.24) is 4.57 Å². The number of furan rings is 1. The molecule has 10 rings (SSSR count). The van der Waals surface area contributed by atoms with Crippen molar-refractivity contribution in [2.24, 2.45) is 0 Å². The standard InChI is InChI=1S/C42H25NOS/c1-2-9-26(10-3-1)27-18-22-37-35(23-27)31-11-4-6-14-36(31)43(37)29-19-21-34-41(25-29)45-40-16-8-13-30(42(34)40)28-17-20-33-32-12-5-7-15-38(32)44-39(33)24-28/h1-25H. The number of hydrogen-bond donors (Lipinski definition) is 0. The van der Waals surface area contributed by atoms with Crippen molar-refractivity contribution in [3.8, 4) is 27.9 Å². The number of para-hydroxylation sites is 2. The van der Waals surface area contributed by atoms with Crippen LogP contribution in [0, 0.1) is 0 Å². The summed E-state index contributed by atoms with van der Waals surface area (Å²) < 4.78 is 11.2. The Bertz CT molecular complexity index is 2760. The van der Waals surface area contributed by atoms with Crippen molar-refractivity contribution in [3.05, 3.63) is 152 Å². The zero-order valence-corrected chi connectivity index (χ0v) is 25.0. The van der Waals surface area contributed by atoms with Gasteiger partial charge in [0.1, 0.15) is 11.2 Å². The van der Waals surface area contributed by atoms with E-state index >= 15 is 0 Å². The fourth-order valence-corrected chi connectivity index (χ4v) is 8.31. The average molecular weight is 592 g/mol. The van der Waals surface area contributed by atoms with E-state index in [1.54, 1.807) is 0 Å². The van der Waals surface area contributed by atoms with E-state index in [1.807, 2.05) is 23.5 Å². The molecule has 0 saturated carbocycles. The van der Waals surface area contributed by atoms with Crippen LogP contribution in [0.1, 0.15) is 0 Å². The van der Waals surface area contributed by atoms with Gasteiger partial charge < -0.3 is 8.98 Å². The third-order valence-electron chi connectivity index (χ3n) is 9.21. The number of rotatable bonds is 3. The number of nitrogens with zero attached hydrogens (tertiary/aromatic N) is 1. The number of hydrogen-bond acceptors (Lipinski definition) is 2. The number of aromatic nitrogens is 1. The highest BCUT2D eigenvalue weighted by Gasteiger charge is 2.17. The Hall–Kier alpha value is -5.64. The lowest BCUT2D eigenvalue weighted by molar-refractivity contribution is 0.669. The first-order valence-corrected chi connectivity index (χ1v) is 16.1. The molecule has 3 heteroatoms. The minimum absolute atomic E-state index is 0.925. The maximum atomic E-state index is 6.26. The van der Waals surface area contributed by atoms with Crippen LogP contribution in [0.25, 0.3) is 91.9 Å². The molecule has 2 nitrogen and oxygen atoms in total. The molecule has 210 valence electrons. The zero-order chi connectivity index (χ0) is 29.5. The van der Waals surface area contributed by atoms with E-state index in [9.17, 15) is 0 Å². The van der Waals surface area contributed by atoms with Gasteiger partial charge in [0.2, 0.25) is 0 Å². The van der Waals surface area contributed by atoms with Crippen molar-refractivity contribution in [1.29, 1.82) is 0 Å². The number of fused-ring (bicyclic) bond motifs is 9. The van der Waals surface area contributed by atoms with Crippen LogP contribution in [0.2, 0.25) is 0 Å². The van der Waals surface area contributed by atoms with Gasteiger partial charge in [-0.1, -0.05) is 97.1 Å². The van der Waals surface area contributed by atoms with Gasteiger partial charge in [0.25, 0.3) is 0 Å². The molecule has 0 saturated heterocycles. The van der Waals surface area contributed by atoms with Crippen molar-refractivity contribution in [2.45, 2.75) is 0 Å². The number of thiophene rings is 1. The quantitative estimate of drug-likeness (QED) is 0.200. The molecule has 3 heterocycles. The second-order valence-corrected chi connectivity index (χ2v) is 12.8. The summed E-state index contributed by atoms with van der Waals surface area (Å²) in [4.78, 5) is 0. The lowest BCUT2D eigenvalue weighted by atomic mass is 9.98. The Morgan fingerprint density at radius 1 is 0.422 bits per heavy atom. The molecule has 0 amide bonds. The molecule has 45 heavy (non-hydrogen) atoms. The first-order valence-electron chi connectivity index (χ1n) is 15.3. The molecule has 0 aliphatic carbocycles. The summed E-state index contributed by atoms with van der Waals surface area (Å²) in [5.74, 6) is 0. The molecule has 0 fully saturated rings. The SMILES string of the molecule is c1ccc(-c2ccc3c(c2)c2ccccc2n3-c2ccc3c(c2)sc2cccc(-c4ccc5c(c4)oc4ccccc45)c23)cc1. The van der Waals surface area contributed by atoms with E-state index in [0.29, 0.717) is 0 Å². The van der Waals surface area contributed by atoms with Crippen LogP contribution in [0.3, 0.4) is 0 Å². The van der Waals surface area contributed by atoms with Crippen molar-refractivity contribution < 1.29 is 4.42 Å². The van der Waals surface area contributed by atoms with Gasteiger partial charge in [-0.05, 0) is 76.9 Å². The summed E-state index contributed by atoms with van der Waals surface area (Å²) in [7, 11) is 0. The predicted octanol–water partition coefficient (Wildman–Crippen LogP) is 12.4. The molecule has 0 aliphatic rings. The van der Waals surface area contributed by atoms with E-state index in [0.717, 1.165) is 21.9 Å². The maximum absolute atomic E-state index is 6.26. The van der Waals surface area contributed by atoms with E-state index in [2.05, 4.69) is 144 Å². The first kappa shape index (κ1) is 24.8. The van der Waals surface area contributed by atoms with Crippen LogP contribution in [0.5, 0.6) is 0 Å². The van der Waals surface area contributed by atoms with Crippen LogP contribution < -0.4 is 0 Å². The topological polar surface area (TPSA) is 18.1 Å². The summed E-state index contributed by atoms with van der Waals surface area (Å²) in [6.07, 6.45) is 0. The highest BCUT2D eigenvalue weighted by Crippen LogP contribution is 2.43. The summed E-state index contributed by atoms with van der Waals surface area (Å²) in [5.41, 5.74) is 10.4. The van der Waals surface area contributed by atoms with Crippen LogP contribution >= 0.6 is 11.3 Å². The van der Waals surface area contributed by atoms with Gasteiger partial charge in [0.15, 0.2) is 0 Å². The summed E-state index contributed by atoms with van der Waals surface area (Å²) >= 11 is 1.86. The Balaban J connectivity index is 1.15. The summed E-state index contributed by atoms with van der Waals surface area (Å²) in [5, 5.41) is 7.44. The zero-order valence-electron chi connectivity index (χ0n) is 24.2. The molecule has 0 unspecified atom stereocenters. The second-order valence-electron chi connectivity index (χ2n) is 11.7. The van der Waals surface area contributed by atoms with Gasteiger partial charge in [-0.3, -0.25) is 0 Å². The van der Waals surface area contributed by atoms with Crippen LogP contribution in [0.4, 0.5) is 0 Å². The first-order chi connectivity index (χ1) is 22.3. The normalized spacial score (nSPS) is 12.0. The second kappa shape index (κ2) is 9.43. The molecule has 10 aromatic rings. The van der Waals surface area contributed by atoms with Crippen molar-refractivity contribution >= 4 is 75.3 Å². The molecule has 0 spiro atoms. The van der Waals surface area contributed by atoms with Crippen molar-refractivity contribution in [3.63, 3.8) is 0 Å². The highest BCUT2D eigenvalue weighted by molar-refractivity contribution is 7.26. The van der Waals surface area contributed by atoms with E-state index in [-0.39, 0.29) is 0 Å². The maximum Gasteiger partial charge on any atom is 0.136 e. The van der Waals surface area contributed by atoms with Gasteiger partial charge in [0.05, 0.1) is 11.0 Å². The van der Waals surface area contributed by atoms with E-state index < -0.39 is 0 Å². The van der Waals surface area contributed by atoms with E-state index in [4.69, 9.17) is 4.42 Å². The molecule has 7 aromatic carbocycles. The van der Waals surface area contributed by atoms with E-state index in [1.165, 1.54) is 69.9 Å². The molecular weight excluding hydrogens is 567 g/mol. The molecule has 0 bridgehead atoms. The molecule has 3 aromatic heterocycles. The Morgan fingerprint density at radius 2 is 1.18 bits per heavy atom.